The zero-order valence-electron chi connectivity index (χ0n) is 14.7. The van der Waals surface area contributed by atoms with Gasteiger partial charge < -0.3 is 9.73 Å². The summed E-state index contributed by atoms with van der Waals surface area (Å²) < 4.78 is 5.68. The van der Waals surface area contributed by atoms with Gasteiger partial charge in [0, 0.05) is 11.4 Å². The molecule has 26 heavy (non-hydrogen) atoms. The topological polar surface area (TPSA) is 99.9 Å². The van der Waals surface area contributed by atoms with Crippen LogP contribution in [0.15, 0.2) is 34.7 Å². The lowest BCUT2D eigenvalue weighted by Gasteiger charge is -2.19. The molecule has 0 aliphatic carbocycles. The molecule has 8 nitrogen and oxygen atoms in total. The van der Waals surface area contributed by atoms with Gasteiger partial charge in [0.2, 0.25) is 5.91 Å². The highest BCUT2D eigenvalue weighted by molar-refractivity contribution is 6.45. The van der Waals surface area contributed by atoms with Crippen LogP contribution in [0.3, 0.4) is 0 Å². The molecule has 0 spiro atoms. The molecular formula is C18H19N3O5. The first-order valence-electron chi connectivity index (χ1n) is 8.26. The zero-order chi connectivity index (χ0) is 19.0. The van der Waals surface area contributed by atoms with Gasteiger partial charge >= 0.3 is 17.8 Å². The molecule has 2 aromatic rings. The number of hydrogen-bond donors (Lipinski definition) is 1. The zero-order valence-corrected chi connectivity index (χ0v) is 14.7. The standard InChI is InChI=1S/C18H19N3O5/c1-10(2)21-17(24)16(23)20(18(21)25)9-15(22)19-11(3)14-8-12-6-4-5-7-13(12)26-14/h4-8,10-11H,9H2,1-3H3,(H,19,22)/t11-/m0/s1. The molecule has 1 aromatic carbocycles. The number of furan rings is 1. The van der Waals surface area contributed by atoms with Crippen LogP contribution in [0.4, 0.5) is 4.79 Å². The van der Waals surface area contributed by atoms with E-state index in [-0.39, 0.29) is 0 Å². The molecule has 3 rings (SSSR count). The Balaban J connectivity index is 1.67. The number of nitrogens with zero attached hydrogens (tertiary/aromatic N) is 2. The minimum atomic E-state index is -0.991. The molecule has 2 heterocycles. The molecule has 1 fully saturated rings. The molecule has 1 aromatic heterocycles. The van der Waals surface area contributed by atoms with Gasteiger partial charge in [0.25, 0.3) is 0 Å². The van der Waals surface area contributed by atoms with Gasteiger partial charge in [0.15, 0.2) is 0 Å². The number of amides is 5. The van der Waals surface area contributed by atoms with E-state index < -0.39 is 42.4 Å². The van der Waals surface area contributed by atoms with Crippen molar-refractivity contribution in [3.05, 3.63) is 36.1 Å². The van der Waals surface area contributed by atoms with Crippen LogP contribution in [0.2, 0.25) is 0 Å². The predicted molar refractivity (Wildman–Crippen MR) is 91.9 cm³/mol. The number of nitrogens with one attached hydrogen (secondary N) is 1. The summed E-state index contributed by atoms with van der Waals surface area (Å²) in [5.74, 6) is -1.91. The number of urea groups is 1. The van der Waals surface area contributed by atoms with Crippen molar-refractivity contribution in [1.82, 2.24) is 15.1 Å². The lowest BCUT2D eigenvalue weighted by Crippen LogP contribution is -2.43. The van der Waals surface area contributed by atoms with Crippen LogP contribution in [0, 0.1) is 0 Å². The van der Waals surface area contributed by atoms with Gasteiger partial charge in [-0.05, 0) is 32.9 Å². The van der Waals surface area contributed by atoms with E-state index in [0.29, 0.717) is 16.2 Å². The van der Waals surface area contributed by atoms with Crippen molar-refractivity contribution >= 4 is 34.7 Å². The van der Waals surface area contributed by atoms with E-state index >= 15 is 0 Å². The van der Waals surface area contributed by atoms with Crippen LogP contribution >= 0.6 is 0 Å². The first-order valence-corrected chi connectivity index (χ1v) is 8.26. The largest absolute Gasteiger partial charge is 0.459 e. The smallest absolute Gasteiger partial charge is 0.334 e. The number of carbonyl (C=O) groups is 4. The van der Waals surface area contributed by atoms with E-state index in [2.05, 4.69) is 5.32 Å². The van der Waals surface area contributed by atoms with Crippen LogP contribution in [-0.2, 0) is 14.4 Å². The maximum Gasteiger partial charge on any atom is 0.334 e. The number of fused-ring (bicyclic) bond motifs is 1. The molecule has 1 aliphatic heterocycles. The molecule has 1 saturated heterocycles. The Morgan fingerprint density at radius 2 is 1.81 bits per heavy atom. The monoisotopic (exact) mass is 357 g/mol. The van der Waals surface area contributed by atoms with Gasteiger partial charge in [-0.3, -0.25) is 19.3 Å². The molecule has 8 heteroatoms. The second-order valence-corrected chi connectivity index (χ2v) is 6.42. The van der Waals surface area contributed by atoms with Gasteiger partial charge in [0.1, 0.15) is 17.9 Å². The number of para-hydroxylation sites is 1. The molecule has 0 bridgehead atoms. The summed E-state index contributed by atoms with van der Waals surface area (Å²) in [6.07, 6.45) is 0. The lowest BCUT2D eigenvalue weighted by molar-refractivity contribution is -0.144. The van der Waals surface area contributed by atoms with Crippen molar-refractivity contribution in [2.24, 2.45) is 0 Å². The molecule has 0 radical (unpaired) electrons. The fraction of sp³-hybridized carbons (Fsp3) is 0.333. The van der Waals surface area contributed by atoms with Gasteiger partial charge in [0.05, 0.1) is 6.04 Å². The normalized spacial score (nSPS) is 16.1. The van der Waals surface area contributed by atoms with Crippen LogP contribution in [0.25, 0.3) is 11.0 Å². The Morgan fingerprint density at radius 3 is 2.42 bits per heavy atom. The molecule has 1 atom stereocenters. The summed E-state index contributed by atoms with van der Waals surface area (Å²) in [6, 6.07) is 7.57. The minimum absolute atomic E-state index is 0.457. The second kappa shape index (κ2) is 6.62. The summed E-state index contributed by atoms with van der Waals surface area (Å²) in [4.78, 5) is 49.7. The quantitative estimate of drug-likeness (QED) is 0.650. The Morgan fingerprint density at radius 1 is 1.12 bits per heavy atom. The number of carbonyl (C=O) groups excluding carboxylic acids is 4. The SMILES string of the molecule is CC(C)N1C(=O)C(=O)N(CC(=O)N[C@@H](C)c2cc3ccccc3o2)C1=O. The molecule has 0 unspecified atom stereocenters. The highest BCUT2D eigenvalue weighted by Crippen LogP contribution is 2.23. The molecule has 5 amide bonds. The van der Waals surface area contributed by atoms with E-state index in [4.69, 9.17) is 4.42 Å². The molecule has 1 N–H and O–H groups in total. The van der Waals surface area contributed by atoms with Crippen molar-refractivity contribution < 1.29 is 23.6 Å². The average molecular weight is 357 g/mol. The Bertz CT molecular complexity index is 868. The van der Waals surface area contributed by atoms with Crippen LogP contribution in [0.5, 0.6) is 0 Å². The van der Waals surface area contributed by atoms with Gasteiger partial charge in [-0.15, -0.1) is 0 Å². The van der Waals surface area contributed by atoms with Gasteiger partial charge in [-0.1, -0.05) is 18.2 Å². The lowest BCUT2D eigenvalue weighted by atomic mass is 10.2. The van der Waals surface area contributed by atoms with E-state index in [1.54, 1.807) is 20.8 Å². The number of rotatable bonds is 5. The maximum atomic E-state index is 12.2. The van der Waals surface area contributed by atoms with Crippen molar-refractivity contribution in [2.75, 3.05) is 6.54 Å². The Hall–Kier alpha value is -3.16. The van der Waals surface area contributed by atoms with Gasteiger partial charge in [-0.2, -0.15) is 0 Å². The number of benzene rings is 1. The fourth-order valence-corrected chi connectivity index (χ4v) is 2.83. The number of hydrogen-bond acceptors (Lipinski definition) is 5. The summed E-state index contributed by atoms with van der Waals surface area (Å²) in [6.45, 7) is 4.46. The average Bonchev–Trinajstić information content (AvgIpc) is 3.10. The summed E-state index contributed by atoms with van der Waals surface area (Å²) >= 11 is 0. The highest BCUT2D eigenvalue weighted by Gasteiger charge is 2.46. The number of imide groups is 2. The minimum Gasteiger partial charge on any atom is -0.459 e. The maximum absolute atomic E-state index is 12.2. The predicted octanol–water partition coefficient (Wildman–Crippen LogP) is 1.81. The van der Waals surface area contributed by atoms with Crippen molar-refractivity contribution in [1.29, 1.82) is 0 Å². The van der Waals surface area contributed by atoms with E-state index in [1.165, 1.54) is 0 Å². The van der Waals surface area contributed by atoms with Crippen LogP contribution < -0.4 is 5.32 Å². The van der Waals surface area contributed by atoms with Crippen LogP contribution in [0.1, 0.15) is 32.6 Å². The first kappa shape index (κ1) is 17.7. The summed E-state index contributed by atoms with van der Waals surface area (Å²) in [5, 5.41) is 3.58. The van der Waals surface area contributed by atoms with E-state index in [9.17, 15) is 19.2 Å². The van der Waals surface area contributed by atoms with Crippen molar-refractivity contribution in [2.45, 2.75) is 32.9 Å². The molecule has 136 valence electrons. The third-order valence-corrected chi connectivity index (χ3v) is 4.15. The third kappa shape index (κ3) is 3.05. The molecular weight excluding hydrogens is 338 g/mol. The molecule has 0 saturated carbocycles. The third-order valence-electron chi connectivity index (χ3n) is 4.15. The van der Waals surface area contributed by atoms with E-state index in [1.807, 2.05) is 30.3 Å². The Kier molecular flexibility index (Phi) is 4.50. The molecule has 1 aliphatic rings. The highest BCUT2D eigenvalue weighted by atomic mass is 16.3. The van der Waals surface area contributed by atoms with Gasteiger partial charge in [-0.25, -0.2) is 9.69 Å². The fourth-order valence-electron chi connectivity index (χ4n) is 2.83. The van der Waals surface area contributed by atoms with Crippen LogP contribution in [-0.4, -0.2) is 46.1 Å². The second-order valence-electron chi connectivity index (χ2n) is 6.42. The first-order chi connectivity index (χ1) is 12.3. The summed E-state index contributed by atoms with van der Waals surface area (Å²) in [5.41, 5.74) is 0.701. The Labute approximate surface area is 149 Å². The van der Waals surface area contributed by atoms with Crippen molar-refractivity contribution in [3.8, 4) is 0 Å². The van der Waals surface area contributed by atoms with Crippen molar-refractivity contribution in [3.63, 3.8) is 0 Å². The summed E-state index contributed by atoms with van der Waals surface area (Å²) in [7, 11) is 0. The van der Waals surface area contributed by atoms with E-state index in [0.717, 1.165) is 10.3 Å².